The molecule has 1 aliphatic rings. The third-order valence-corrected chi connectivity index (χ3v) is 4.68. The highest BCUT2D eigenvalue weighted by atomic mass is 16.5. The fourth-order valence-corrected chi connectivity index (χ4v) is 3.21. The van der Waals surface area contributed by atoms with Gasteiger partial charge in [-0.15, -0.1) is 6.42 Å². The van der Waals surface area contributed by atoms with Gasteiger partial charge in [-0.2, -0.15) is 4.98 Å². The Morgan fingerprint density at radius 3 is 2.79 bits per heavy atom. The second-order valence-electron chi connectivity index (χ2n) is 6.59. The van der Waals surface area contributed by atoms with Gasteiger partial charge >= 0.3 is 0 Å². The van der Waals surface area contributed by atoms with Crippen LogP contribution in [0.2, 0.25) is 0 Å². The van der Waals surface area contributed by atoms with E-state index in [0.29, 0.717) is 35.4 Å². The second kappa shape index (κ2) is 9.81. The van der Waals surface area contributed by atoms with Crippen molar-refractivity contribution in [1.29, 1.82) is 0 Å². The Balaban J connectivity index is 1.64. The molecule has 0 saturated carbocycles. The summed E-state index contributed by atoms with van der Waals surface area (Å²) in [5, 5.41) is 6.16. The van der Waals surface area contributed by atoms with Crippen LogP contribution in [0, 0.1) is 12.3 Å². The Morgan fingerprint density at radius 2 is 2.07 bits per heavy atom. The summed E-state index contributed by atoms with van der Waals surface area (Å²) in [4.78, 5) is 11.1. The van der Waals surface area contributed by atoms with Gasteiger partial charge in [0.1, 0.15) is 5.82 Å². The zero-order valence-electron chi connectivity index (χ0n) is 16.5. The molecule has 2 aromatic rings. The quantitative estimate of drug-likeness (QED) is 0.511. The number of hydrogen-bond donors (Lipinski definition) is 2. The number of rotatable bonds is 9. The number of nitrogens with zero attached hydrogens (tertiary/aromatic N) is 3. The third-order valence-electron chi connectivity index (χ3n) is 4.68. The Kier molecular flexibility index (Phi) is 6.93. The number of likely N-dealkylation sites (tertiary alicyclic amines) is 1. The Bertz CT molecular complexity index is 828. The molecule has 148 valence electrons. The number of methoxy groups -OCH3 is 1. The van der Waals surface area contributed by atoms with E-state index in [-0.39, 0.29) is 0 Å². The predicted molar refractivity (Wildman–Crippen MR) is 112 cm³/mol. The minimum absolute atomic E-state index is 0.452. The average molecular weight is 381 g/mol. The normalized spacial score (nSPS) is 13.8. The van der Waals surface area contributed by atoms with E-state index >= 15 is 0 Å². The highest BCUT2D eigenvalue weighted by Crippen LogP contribution is 2.31. The van der Waals surface area contributed by atoms with Crippen molar-refractivity contribution < 1.29 is 9.47 Å². The van der Waals surface area contributed by atoms with E-state index < -0.39 is 0 Å². The maximum Gasteiger partial charge on any atom is 0.229 e. The van der Waals surface area contributed by atoms with Crippen molar-refractivity contribution in [2.45, 2.75) is 19.3 Å². The van der Waals surface area contributed by atoms with Gasteiger partial charge in [0.25, 0.3) is 0 Å². The molecule has 7 heteroatoms. The van der Waals surface area contributed by atoms with Crippen LogP contribution < -0.4 is 20.1 Å². The largest absolute Gasteiger partial charge is 0.493 e. The topological polar surface area (TPSA) is 71.5 Å². The van der Waals surface area contributed by atoms with Gasteiger partial charge in [0, 0.05) is 25.3 Å². The van der Waals surface area contributed by atoms with Crippen LogP contribution in [0.1, 0.15) is 24.8 Å². The Hall–Kier alpha value is -2.98. The Morgan fingerprint density at radius 1 is 1.25 bits per heavy atom. The summed E-state index contributed by atoms with van der Waals surface area (Å²) < 4.78 is 11.4. The summed E-state index contributed by atoms with van der Waals surface area (Å²) in [6.07, 6.45) is 10.7. The van der Waals surface area contributed by atoms with Crippen molar-refractivity contribution in [3.8, 4) is 23.8 Å². The lowest BCUT2D eigenvalue weighted by Crippen LogP contribution is -2.21. The fraction of sp³-hybridized carbons (Fsp3) is 0.429. The number of terminal acetylenes is 1. The van der Waals surface area contributed by atoms with E-state index in [1.807, 2.05) is 18.2 Å². The maximum absolute atomic E-state index is 5.98. The van der Waals surface area contributed by atoms with Gasteiger partial charge in [-0.25, -0.2) is 4.98 Å². The number of hydrogen-bond acceptors (Lipinski definition) is 7. The van der Waals surface area contributed by atoms with Gasteiger partial charge in [0.15, 0.2) is 11.5 Å². The number of anilines is 3. The smallest absolute Gasteiger partial charge is 0.229 e. The van der Waals surface area contributed by atoms with Crippen molar-refractivity contribution >= 4 is 17.5 Å². The van der Waals surface area contributed by atoms with Crippen LogP contribution in [0.5, 0.6) is 11.5 Å². The molecule has 0 aliphatic carbocycles. The van der Waals surface area contributed by atoms with E-state index in [1.54, 1.807) is 20.4 Å². The van der Waals surface area contributed by atoms with Crippen LogP contribution in [0.15, 0.2) is 24.4 Å². The lowest BCUT2D eigenvalue weighted by atomic mass is 10.2. The molecule has 1 saturated heterocycles. The Labute approximate surface area is 166 Å². The summed E-state index contributed by atoms with van der Waals surface area (Å²) in [5.41, 5.74) is 1.43. The van der Waals surface area contributed by atoms with E-state index in [0.717, 1.165) is 18.7 Å². The van der Waals surface area contributed by atoms with Crippen molar-refractivity contribution in [2.24, 2.45) is 0 Å². The first kappa shape index (κ1) is 19.8. The summed E-state index contributed by atoms with van der Waals surface area (Å²) in [6, 6.07) is 5.66. The molecule has 0 amide bonds. The molecule has 0 radical (unpaired) electrons. The molecule has 0 spiro atoms. The van der Waals surface area contributed by atoms with Crippen LogP contribution in [0.4, 0.5) is 17.5 Å². The zero-order chi connectivity index (χ0) is 19.8. The van der Waals surface area contributed by atoms with Crippen molar-refractivity contribution in [2.75, 3.05) is 51.0 Å². The van der Waals surface area contributed by atoms with Crippen LogP contribution in [-0.2, 0) is 0 Å². The average Bonchev–Trinajstić information content (AvgIpc) is 3.25. The highest BCUT2D eigenvalue weighted by Gasteiger charge is 2.12. The van der Waals surface area contributed by atoms with Gasteiger partial charge in [-0.1, -0.05) is 5.92 Å². The first-order valence-electron chi connectivity index (χ1n) is 9.55. The minimum atomic E-state index is 0.452. The lowest BCUT2D eigenvalue weighted by Gasteiger charge is -2.16. The molecule has 0 bridgehead atoms. The van der Waals surface area contributed by atoms with E-state index in [9.17, 15) is 0 Å². The number of aromatic nitrogens is 2. The molecule has 1 aromatic carbocycles. The summed E-state index contributed by atoms with van der Waals surface area (Å²) in [7, 11) is 3.41. The molecule has 2 heterocycles. The van der Waals surface area contributed by atoms with Gasteiger partial charge < -0.3 is 25.0 Å². The summed E-state index contributed by atoms with van der Waals surface area (Å²) >= 11 is 0. The second-order valence-corrected chi connectivity index (χ2v) is 6.59. The molecule has 2 N–H and O–H groups in total. The number of nitrogens with one attached hydrogen (secondary N) is 2. The van der Waals surface area contributed by atoms with E-state index in [4.69, 9.17) is 15.9 Å². The minimum Gasteiger partial charge on any atom is -0.493 e. The SMILES string of the molecule is C#Cc1cnc(Nc2ccc(OC)c(OCCCN3CCCC3)c2)nc1NC. The van der Waals surface area contributed by atoms with Gasteiger partial charge in [-0.05, 0) is 44.5 Å². The van der Waals surface area contributed by atoms with Crippen molar-refractivity contribution in [3.63, 3.8) is 0 Å². The molecule has 0 unspecified atom stereocenters. The first-order valence-corrected chi connectivity index (χ1v) is 9.55. The predicted octanol–water partition coefficient (Wildman–Crippen LogP) is 3.12. The fourth-order valence-electron chi connectivity index (χ4n) is 3.21. The third kappa shape index (κ3) is 5.05. The van der Waals surface area contributed by atoms with Crippen LogP contribution in [0.3, 0.4) is 0 Å². The molecule has 1 aliphatic heterocycles. The lowest BCUT2D eigenvalue weighted by molar-refractivity contribution is 0.254. The molecule has 3 rings (SSSR count). The van der Waals surface area contributed by atoms with Gasteiger partial charge in [-0.3, -0.25) is 0 Å². The summed E-state index contributed by atoms with van der Waals surface area (Å²) in [6.45, 7) is 4.13. The molecule has 1 aromatic heterocycles. The van der Waals surface area contributed by atoms with Crippen molar-refractivity contribution in [1.82, 2.24) is 14.9 Å². The van der Waals surface area contributed by atoms with Gasteiger partial charge in [0.05, 0.1) is 25.5 Å². The number of benzene rings is 1. The van der Waals surface area contributed by atoms with Crippen LogP contribution >= 0.6 is 0 Å². The monoisotopic (exact) mass is 381 g/mol. The highest BCUT2D eigenvalue weighted by molar-refractivity contribution is 5.62. The summed E-state index contributed by atoms with van der Waals surface area (Å²) in [5.74, 6) is 5.01. The molecule has 0 atom stereocenters. The molecule has 28 heavy (non-hydrogen) atoms. The molecular weight excluding hydrogens is 354 g/mol. The first-order chi connectivity index (χ1) is 13.7. The molecule has 1 fully saturated rings. The molecular formula is C21H27N5O2. The van der Waals surface area contributed by atoms with E-state index in [2.05, 4.69) is 31.4 Å². The number of ether oxygens (including phenoxy) is 2. The zero-order valence-corrected chi connectivity index (χ0v) is 16.5. The van der Waals surface area contributed by atoms with Gasteiger partial charge in [0.2, 0.25) is 5.95 Å². The van der Waals surface area contributed by atoms with Crippen LogP contribution in [0.25, 0.3) is 0 Å². The van der Waals surface area contributed by atoms with Crippen LogP contribution in [-0.4, -0.2) is 55.3 Å². The van der Waals surface area contributed by atoms with E-state index in [1.165, 1.54) is 25.9 Å². The molecule has 7 nitrogen and oxygen atoms in total. The van der Waals surface area contributed by atoms with Crippen molar-refractivity contribution in [3.05, 3.63) is 30.0 Å². The standard InChI is InChI=1S/C21H27N5O2/c1-4-16-15-23-21(25-20(16)22-2)24-17-8-9-18(27-3)19(14-17)28-13-7-12-26-10-5-6-11-26/h1,8-9,14-15H,5-7,10-13H2,2-3H3,(H2,22,23,24,25). The maximum atomic E-state index is 5.98.